The zero-order valence-corrected chi connectivity index (χ0v) is 18.5. The van der Waals surface area contributed by atoms with Gasteiger partial charge in [0, 0.05) is 12.2 Å². The molecule has 0 spiro atoms. The van der Waals surface area contributed by atoms with E-state index in [1.54, 1.807) is 26.0 Å². The Kier molecular flexibility index (Phi) is 4.89. The standard InChI is InChI=1S/C25H30N2O4/c1-23(2)12-16-11-15(21(28)29)9-10-19(16)27-20(23)17-7-5-6-8-18(17)25(14-26-25)13-24(3,4)22(30)31/h5-11,20,26-27H,12-14H2,1-4H3,(H,28,29)(H,30,31). The lowest BCUT2D eigenvalue weighted by Crippen LogP contribution is -2.37. The molecule has 164 valence electrons. The molecule has 2 atom stereocenters. The van der Waals surface area contributed by atoms with E-state index in [4.69, 9.17) is 0 Å². The van der Waals surface area contributed by atoms with Gasteiger partial charge in [-0.05, 0) is 67.0 Å². The minimum absolute atomic E-state index is 0.0130. The zero-order valence-electron chi connectivity index (χ0n) is 18.5. The summed E-state index contributed by atoms with van der Waals surface area (Å²) in [6.07, 6.45) is 1.26. The molecule has 0 amide bonds. The SMILES string of the molecule is CC(C)(CC1(c2ccccc2C2Nc3ccc(C(=O)O)cc3CC2(C)C)CN1)C(=O)O. The van der Waals surface area contributed by atoms with Crippen LogP contribution in [0.1, 0.15) is 67.2 Å². The Hall–Kier alpha value is -2.86. The van der Waals surface area contributed by atoms with Crippen LogP contribution in [0.3, 0.4) is 0 Å². The summed E-state index contributed by atoms with van der Waals surface area (Å²) in [5, 5.41) is 26.1. The van der Waals surface area contributed by atoms with E-state index in [-0.39, 0.29) is 17.0 Å². The summed E-state index contributed by atoms with van der Waals surface area (Å²) in [4.78, 5) is 23.2. The van der Waals surface area contributed by atoms with Gasteiger partial charge in [-0.15, -0.1) is 0 Å². The molecule has 0 bridgehead atoms. The van der Waals surface area contributed by atoms with E-state index in [9.17, 15) is 19.8 Å². The number of fused-ring (bicyclic) bond motifs is 1. The van der Waals surface area contributed by atoms with Crippen molar-refractivity contribution in [3.05, 3.63) is 64.7 Å². The molecule has 1 saturated heterocycles. The number of aromatic carboxylic acids is 1. The number of rotatable bonds is 6. The Labute approximate surface area is 182 Å². The monoisotopic (exact) mass is 422 g/mol. The lowest BCUT2D eigenvalue weighted by atomic mass is 9.69. The number of carboxylic acid groups (broad SMARTS) is 2. The van der Waals surface area contributed by atoms with Gasteiger partial charge in [-0.25, -0.2) is 4.79 Å². The van der Waals surface area contributed by atoms with Gasteiger partial charge in [0.25, 0.3) is 0 Å². The van der Waals surface area contributed by atoms with Gasteiger partial charge in [0.05, 0.1) is 22.6 Å². The smallest absolute Gasteiger partial charge is 0.335 e. The van der Waals surface area contributed by atoms with Crippen LogP contribution in [0.2, 0.25) is 0 Å². The first-order valence-corrected chi connectivity index (χ1v) is 10.7. The molecule has 6 heteroatoms. The van der Waals surface area contributed by atoms with Crippen LogP contribution in [0.15, 0.2) is 42.5 Å². The molecular weight excluding hydrogens is 392 g/mol. The van der Waals surface area contributed by atoms with Crippen LogP contribution in [0, 0.1) is 10.8 Å². The van der Waals surface area contributed by atoms with Crippen LogP contribution >= 0.6 is 0 Å². The minimum Gasteiger partial charge on any atom is -0.481 e. The minimum atomic E-state index is -0.920. The molecule has 0 radical (unpaired) electrons. The Morgan fingerprint density at radius 1 is 1.13 bits per heavy atom. The Balaban J connectivity index is 1.73. The van der Waals surface area contributed by atoms with Gasteiger partial charge in [-0.2, -0.15) is 0 Å². The maximum atomic E-state index is 11.8. The zero-order chi connectivity index (χ0) is 22.6. The number of anilines is 1. The summed E-state index contributed by atoms with van der Waals surface area (Å²) < 4.78 is 0. The van der Waals surface area contributed by atoms with Gasteiger partial charge in [-0.1, -0.05) is 38.1 Å². The first-order chi connectivity index (χ1) is 14.5. The number of carbonyl (C=O) groups is 2. The predicted molar refractivity (Wildman–Crippen MR) is 119 cm³/mol. The lowest BCUT2D eigenvalue weighted by Gasteiger charge is -2.43. The van der Waals surface area contributed by atoms with Crippen molar-refractivity contribution < 1.29 is 19.8 Å². The highest BCUT2D eigenvalue weighted by atomic mass is 16.4. The first kappa shape index (κ1) is 21.4. The number of carboxylic acids is 2. The summed E-state index contributed by atoms with van der Waals surface area (Å²) in [7, 11) is 0. The molecule has 2 unspecified atom stereocenters. The van der Waals surface area contributed by atoms with Crippen LogP contribution < -0.4 is 10.6 Å². The van der Waals surface area contributed by atoms with Crippen molar-refractivity contribution in [2.24, 2.45) is 10.8 Å². The van der Waals surface area contributed by atoms with E-state index in [1.807, 2.05) is 18.2 Å². The number of benzene rings is 2. The van der Waals surface area contributed by atoms with E-state index in [1.165, 1.54) is 0 Å². The van der Waals surface area contributed by atoms with Crippen molar-refractivity contribution in [1.82, 2.24) is 5.32 Å². The maximum absolute atomic E-state index is 11.8. The second kappa shape index (κ2) is 7.09. The van der Waals surface area contributed by atoms with Crippen LogP contribution in [0.25, 0.3) is 0 Å². The first-order valence-electron chi connectivity index (χ1n) is 10.7. The molecule has 0 aromatic heterocycles. The van der Waals surface area contributed by atoms with Gasteiger partial charge < -0.3 is 20.8 Å². The number of hydrogen-bond donors (Lipinski definition) is 4. The number of aliphatic carboxylic acids is 1. The molecule has 2 aliphatic rings. The fourth-order valence-corrected chi connectivity index (χ4v) is 4.99. The quantitative estimate of drug-likeness (QED) is 0.513. The molecule has 4 rings (SSSR count). The Bertz CT molecular complexity index is 1050. The van der Waals surface area contributed by atoms with Crippen molar-refractivity contribution in [3.63, 3.8) is 0 Å². The topological polar surface area (TPSA) is 109 Å². The van der Waals surface area contributed by atoms with Crippen LogP contribution in [-0.2, 0) is 16.8 Å². The van der Waals surface area contributed by atoms with E-state index in [2.05, 4.69) is 36.6 Å². The Morgan fingerprint density at radius 3 is 2.42 bits per heavy atom. The van der Waals surface area contributed by atoms with Crippen molar-refractivity contribution in [3.8, 4) is 0 Å². The molecular formula is C25H30N2O4. The molecule has 0 aliphatic carbocycles. The van der Waals surface area contributed by atoms with Crippen LogP contribution in [0.5, 0.6) is 0 Å². The van der Waals surface area contributed by atoms with Crippen molar-refractivity contribution in [1.29, 1.82) is 0 Å². The summed E-state index contributed by atoms with van der Waals surface area (Å²) >= 11 is 0. The van der Waals surface area contributed by atoms with Crippen LogP contribution in [-0.4, -0.2) is 28.7 Å². The fourth-order valence-electron chi connectivity index (χ4n) is 4.99. The maximum Gasteiger partial charge on any atom is 0.335 e. The van der Waals surface area contributed by atoms with Gasteiger partial charge in [-0.3, -0.25) is 4.79 Å². The summed E-state index contributed by atoms with van der Waals surface area (Å²) in [5.74, 6) is -1.71. The van der Waals surface area contributed by atoms with Crippen LogP contribution in [0.4, 0.5) is 5.69 Å². The summed E-state index contributed by atoms with van der Waals surface area (Å²) in [5.41, 5.74) is 3.20. The van der Waals surface area contributed by atoms with Gasteiger partial charge >= 0.3 is 11.9 Å². The van der Waals surface area contributed by atoms with E-state index in [0.717, 1.165) is 35.3 Å². The van der Waals surface area contributed by atoms with Crippen molar-refractivity contribution in [2.45, 2.75) is 52.1 Å². The van der Waals surface area contributed by atoms with E-state index in [0.29, 0.717) is 12.0 Å². The highest BCUT2D eigenvalue weighted by Gasteiger charge is 2.51. The average molecular weight is 423 g/mol. The molecule has 2 aliphatic heterocycles. The highest BCUT2D eigenvalue weighted by molar-refractivity contribution is 5.88. The summed E-state index contributed by atoms with van der Waals surface area (Å²) in [6, 6.07) is 13.5. The van der Waals surface area contributed by atoms with Gasteiger partial charge in [0.2, 0.25) is 0 Å². The molecule has 31 heavy (non-hydrogen) atoms. The lowest BCUT2D eigenvalue weighted by molar-refractivity contribution is -0.147. The third-order valence-corrected chi connectivity index (χ3v) is 6.79. The summed E-state index contributed by atoms with van der Waals surface area (Å²) in [6.45, 7) is 8.68. The predicted octanol–water partition coefficient (Wildman–Crippen LogP) is 4.42. The molecule has 2 aromatic rings. The van der Waals surface area contributed by atoms with E-state index < -0.39 is 17.4 Å². The molecule has 2 aromatic carbocycles. The third kappa shape index (κ3) is 3.81. The largest absolute Gasteiger partial charge is 0.481 e. The molecule has 4 N–H and O–H groups in total. The van der Waals surface area contributed by atoms with Crippen molar-refractivity contribution >= 4 is 17.6 Å². The molecule has 2 heterocycles. The second-order valence-corrected chi connectivity index (χ2v) is 10.3. The molecule has 0 saturated carbocycles. The number of hydrogen-bond acceptors (Lipinski definition) is 4. The normalized spacial score (nSPS) is 24.1. The number of nitrogens with one attached hydrogen (secondary N) is 2. The second-order valence-electron chi connectivity index (χ2n) is 10.3. The third-order valence-electron chi connectivity index (χ3n) is 6.79. The fraction of sp³-hybridized carbons (Fsp3) is 0.440. The van der Waals surface area contributed by atoms with E-state index >= 15 is 0 Å². The molecule has 6 nitrogen and oxygen atoms in total. The van der Waals surface area contributed by atoms with Gasteiger partial charge in [0.1, 0.15) is 0 Å². The van der Waals surface area contributed by atoms with Crippen molar-refractivity contribution in [2.75, 3.05) is 11.9 Å². The Morgan fingerprint density at radius 2 is 1.81 bits per heavy atom. The highest BCUT2D eigenvalue weighted by Crippen LogP contribution is 2.50. The molecule has 1 fully saturated rings. The average Bonchev–Trinajstić information content (AvgIpc) is 3.46. The van der Waals surface area contributed by atoms with Gasteiger partial charge in [0.15, 0.2) is 0 Å².